The standard InChI is InChI=1S/C12H17N3O3/c1-13-9-4-5-15(7-9)8-11(16)14-12(17)10-3-2-6-18-10/h2-3,6,9,13H,4-5,7-8H2,1H3,(H,14,16,17). The third-order valence-corrected chi connectivity index (χ3v) is 3.05. The van der Waals surface area contributed by atoms with E-state index < -0.39 is 5.91 Å². The monoisotopic (exact) mass is 251 g/mol. The average Bonchev–Trinajstić information content (AvgIpc) is 2.98. The van der Waals surface area contributed by atoms with E-state index >= 15 is 0 Å². The van der Waals surface area contributed by atoms with E-state index in [1.165, 1.54) is 12.3 Å². The van der Waals surface area contributed by atoms with Crippen molar-refractivity contribution in [2.75, 3.05) is 26.7 Å². The number of likely N-dealkylation sites (tertiary alicyclic amines) is 1. The number of nitrogens with one attached hydrogen (secondary N) is 2. The van der Waals surface area contributed by atoms with Crippen LogP contribution in [-0.4, -0.2) is 49.4 Å². The second-order valence-electron chi connectivity index (χ2n) is 4.36. The fraction of sp³-hybridized carbons (Fsp3) is 0.500. The van der Waals surface area contributed by atoms with Crippen molar-refractivity contribution >= 4 is 11.8 Å². The number of amides is 2. The molecule has 0 bridgehead atoms. The molecule has 1 fully saturated rings. The van der Waals surface area contributed by atoms with Crippen LogP contribution >= 0.6 is 0 Å². The third kappa shape index (κ3) is 3.18. The van der Waals surface area contributed by atoms with Gasteiger partial charge in [0.05, 0.1) is 12.8 Å². The normalized spacial score (nSPS) is 19.9. The molecule has 2 N–H and O–H groups in total. The predicted molar refractivity (Wildman–Crippen MR) is 65.1 cm³/mol. The van der Waals surface area contributed by atoms with Crippen molar-refractivity contribution in [3.05, 3.63) is 24.2 Å². The molecule has 0 radical (unpaired) electrons. The number of imide groups is 1. The Morgan fingerprint density at radius 2 is 2.39 bits per heavy atom. The van der Waals surface area contributed by atoms with Gasteiger partial charge in [-0.25, -0.2) is 0 Å². The maximum Gasteiger partial charge on any atom is 0.293 e. The van der Waals surface area contributed by atoms with Crippen molar-refractivity contribution in [2.24, 2.45) is 0 Å². The number of nitrogens with zero attached hydrogens (tertiary/aromatic N) is 1. The zero-order valence-electron chi connectivity index (χ0n) is 10.3. The maximum absolute atomic E-state index is 11.7. The Morgan fingerprint density at radius 1 is 1.56 bits per heavy atom. The van der Waals surface area contributed by atoms with Gasteiger partial charge in [0.1, 0.15) is 0 Å². The molecule has 1 aliphatic heterocycles. The number of furan rings is 1. The zero-order valence-corrected chi connectivity index (χ0v) is 10.3. The Labute approximate surface area is 105 Å². The highest BCUT2D eigenvalue weighted by atomic mass is 16.3. The molecular weight excluding hydrogens is 234 g/mol. The lowest BCUT2D eigenvalue weighted by Crippen LogP contribution is -2.40. The van der Waals surface area contributed by atoms with E-state index in [0.29, 0.717) is 6.04 Å². The van der Waals surface area contributed by atoms with Crippen molar-refractivity contribution in [2.45, 2.75) is 12.5 Å². The van der Waals surface area contributed by atoms with Gasteiger partial charge in [0, 0.05) is 19.1 Å². The number of carbonyl (C=O) groups is 2. The number of likely N-dealkylation sites (N-methyl/N-ethyl adjacent to an activating group) is 1. The molecule has 98 valence electrons. The molecule has 1 saturated heterocycles. The summed E-state index contributed by atoms with van der Waals surface area (Å²) < 4.78 is 4.91. The lowest BCUT2D eigenvalue weighted by Gasteiger charge is -2.14. The van der Waals surface area contributed by atoms with Gasteiger partial charge in [0.25, 0.3) is 5.91 Å². The van der Waals surface area contributed by atoms with Crippen LogP contribution in [0.15, 0.2) is 22.8 Å². The van der Waals surface area contributed by atoms with E-state index in [4.69, 9.17) is 4.42 Å². The van der Waals surface area contributed by atoms with Crippen LogP contribution in [0.4, 0.5) is 0 Å². The van der Waals surface area contributed by atoms with Crippen LogP contribution in [0.5, 0.6) is 0 Å². The lowest BCUT2D eigenvalue weighted by molar-refractivity contribution is -0.121. The van der Waals surface area contributed by atoms with Crippen LogP contribution in [0.2, 0.25) is 0 Å². The molecule has 1 aromatic heterocycles. The molecule has 2 heterocycles. The van der Waals surface area contributed by atoms with E-state index in [9.17, 15) is 9.59 Å². The molecule has 2 rings (SSSR count). The van der Waals surface area contributed by atoms with Crippen molar-refractivity contribution in [3.8, 4) is 0 Å². The summed E-state index contributed by atoms with van der Waals surface area (Å²) in [5.41, 5.74) is 0. The molecule has 6 nitrogen and oxygen atoms in total. The van der Waals surface area contributed by atoms with E-state index in [1.807, 2.05) is 11.9 Å². The van der Waals surface area contributed by atoms with Crippen LogP contribution in [0.1, 0.15) is 17.0 Å². The quantitative estimate of drug-likeness (QED) is 0.777. The minimum Gasteiger partial charge on any atom is -0.459 e. The molecule has 0 aliphatic carbocycles. The van der Waals surface area contributed by atoms with Crippen molar-refractivity contribution < 1.29 is 14.0 Å². The molecule has 18 heavy (non-hydrogen) atoms. The number of carbonyl (C=O) groups excluding carboxylic acids is 2. The van der Waals surface area contributed by atoms with Gasteiger partial charge in [-0.1, -0.05) is 0 Å². The summed E-state index contributed by atoms with van der Waals surface area (Å²) in [4.78, 5) is 25.2. The first-order valence-corrected chi connectivity index (χ1v) is 5.96. The van der Waals surface area contributed by atoms with Gasteiger partial charge in [0.15, 0.2) is 5.76 Å². The minimum absolute atomic E-state index is 0.151. The highest BCUT2D eigenvalue weighted by molar-refractivity contribution is 6.03. The maximum atomic E-state index is 11.7. The summed E-state index contributed by atoms with van der Waals surface area (Å²) in [5, 5.41) is 5.48. The summed E-state index contributed by atoms with van der Waals surface area (Å²) in [6, 6.07) is 3.56. The topological polar surface area (TPSA) is 74.6 Å². The summed E-state index contributed by atoms with van der Waals surface area (Å²) in [6.07, 6.45) is 2.42. The first kappa shape index (κ1) is 12.8. The average molecular weight is 251 g/mol. The summed E-state index contributed by atoms with van der Waals surface area (Å²) in [6.45, 7) is 1.94. The lowest BCUT2D eigenvalue weighted by atomic mass is 10.3. The van der Waals surface area contributed by atoms with Crippen molar-refractivity contribution in [3.63, 3.8) is 0 Å². The van der Waals surface area contributed by atoms with Gasteiger partial charge in [-0.15, -0.1) is 0 Å². The molecule has 0 aromatic carbocycles. The first-order chi connectivity index (χ1) is 8.69. The summed E-state index contributed by atoms with van der Waals surface area (Å²) >= 11 is 0. The van der Waals surface area contributed by atoms with Crippen LogP contribution in [0, 0.1) is 0 Å². The van der Waals surface area contributed by atoms with Gasteiger partial charge in [-0.2, -0.15) is 0 Å². The SMILES string of the molecule is CNC1CCN(CC(=O)NC(=O)c2ccco2)C1. The van der Waals surface area contributed by atoms with Crippen LogP contribution in [-0.2, 0) is 4.79 Å². The summed E-state index contributed by atoms with van der Waals surface area (Å²) in [5.74, 6) is -0.639. The van der Waals surface area contributed by atoms with Crippen molar-refractivity contribution in [1.82, 2.24) is 15.5 Å². The van der Waals surface area contributed by atoms with Gasteiger partial charge in [-0.05, 0) is 25.6 Å². The predicted octanol–water partition coefficient (Wildman–Crippen LogP) is -0.170. The Balaban J connectivity index is 1.77. The fourth-order valence-corrected chi connectivity index (χ4v) is 2.05. The Morgan fingerprint density at radius 3 is 3.00 bits per heavy atom. The molecular formula is C12H17N3O3. The Kier molecular flexibility index (Phi) is 4.11. The molecule has 0 spiro atoms. The number of hydrogen-bond acceptors (Lipinski definition) is 5. The van der Waals surface area contributed by atoms with Gasteiger partial charge < -0.3 is 9.73 Å². The Hall–Kier alpha value is -1.66. The molecule has 6 heteroatoms. The van der Waals surface area contributed by atoms with E-state index in [2.05, 4.69) is 10.6 Å². The molecule has 0 saturated carbocycles. The molecule has 1 atom stereocenters. The second kappa shape index (κ2) is 5.79. The van der Waals surface area contributed by atoms with Crippen LogP contribution in [0.25, 0.3) is 0 Å². The molecule has 1 unspecified atom stereocenters. The number of rotatable bonds is 4. The smallest absolute Gasteiger partial charge is 0.293 e. The van der Waals surface area contributed by atoms with E-state index in [-0.39, 0.29) is 18.2 Å². The van der Waals surface area contributed by atoms with Gasteiger partial charge in [0.2, 0.25) is 5.91 Å². The van der Waals surface area contributed by atoms with Crippen LogP contribution in [0.3, 0.4) is 0 Å². The molecule has 1 aromatic rings. The fourth-order valence-electron chi connectivity index (χ4n) is 2.05. The molecule has 2 amide bonds. The van der Waals surface area contributed by atoms with Crippen molar-refractivity contribution in [1.29, 1.82) is 0 Å². The zero-order chi connectivity index (χ0) is 13.0. The van der Waals surface area contributed by atoms with Crippen LogP contribution < -0.4 is 10.6 Å². The third-order valence-electron chi connectivity index (χ3n) is 3.05. The Bertz CT molecular complexity index is 416. The largest absolute Gasteiger partial charge is 0.459 e. The van der Waals surface area contributed by atoms with E-state index in [0.717, 1.165) is 19.5 Å². The molecule has 1 aliphatic rings. The van der Waals surface area contributed by atoms with Gasteiger partial charge >= 0.3 is 0 Å². The minimum atomic E-state index is -0.491. The van der Waals surface area contributed by atoms with Gasteiger partial charge in [-0.3, -0.25) is 19.8 Å². The summed E-state index contributed by atoms with van der Waals surface area (Å²) in [7, 11) is 1.91. The first-order valence-electron chi connectivity index (χ1n) is 5.96. The highest BCUT2D eigenvalue weighted by Gasteiger charge is 2.23. The van der Waals surface area contributed by atoms with E-state index in [1.54, 1.807) is 6.07 Å². The second-order valence-corrected chi connectivity index (χ2v) is 4.36. The highest BCUT2D eigenvalue weighted by Crippen LogP contribution is 2.07. The number of hydrogen-bond donors (Lipinski definition) is 2.